The fourth-order valence-corrected chi connectivity index (χ4v) is 4.74. The van der Waals surface area contributed by atoms with E-state index in [0.29, 0.717) is 12.2 Å². The van der Waals surface area contributed by atoms with Gasteiger partial charge < -0.3 is 18.0 Å². The molecule has 0 aromatic carbocycles. The molecule has 0 bridgehead atoms. The Balaban J connectivity index is 1.71. The van der Waals surface area contributed by atoms with Crippen LogP contribution >= 0.6 is 0 Å². The number of rotatable bonds is 7. The molecule has 1 saturated heterocycles. The summed E-state index contributed by atoms with van der Waals surface area (Å²) in [4.78, 5) is 0. The average molecular weight is 260 g/mol. The van der Waals surface area contributed by atoms with Gasteiger partial charge in [-0.25, -0.2) is 0 Å². The lowest BCUT2D eigenvalue weighted by Gasteiger charge is -2.25. The minimum Gasteiger partial charge on any atom is -0.377 e. The molecular formula is C12H24O4Si. The van der Waals surface area contributed by atoms with Crippen molar-refractivity contribution in [2.45, 2.75) is 50.4 Å². The standard InChI is InChI=1S/C12H24O4Si/c1-13-17(14-2,15-3)9-5-7-10-6-4-8-11-12(10)16-11/h10-12H,4-9H2,1-3H3. The van der Waals surface area contributed by atoms with Crippen molar-refractivity contribution in [3.05, 3.63) is 0 Å². The molecule has 1 heterocycles. The molecule has 0 aromatic heterocycles. The van der Waals surface area contributed by atoms with Crippen molar-refractivity contribution >= 4 is 8.80 Å². The Hall–Kier alpha value is 0.0569. The summed E-state index contributed by atoms with van der Waals surface area (Å²) in [6.07, 6.45) is 7.39. The quantitative estimate of drug-likeness (QED) is 0.520. The molecule has 17 heavy (non-hydrogen) atoms. The van der Waals surface area contributed by atoms with Crippen LogP contribution in [0.2, 0.25) is 6.04 Å². The van der Waals surface area contributed by atoms with Gasteiger partial charge in [-0.15, -0.1) is 0 Å². The van der Waals surface area contributed by atoms with Gasteiger partial charge in [-0.3, -0.25) is 0 Å². The molecule has 4 nitrogen and oxygen atoms in total. The van der Waals surface area contributed by atoms with Crippen LogP contribution in [-0.4, -0.2) is 42.3 Å². The van der Waals surface area contributed by atoms with Crippen molar-refractivity contribution in [3.63, 3.8) is 0 Å². The van der Waals surface area contributed by atoms with Gasteiger partial charge in [0.15, 0.2) is 0 Å². The van der Waals surface area contributed by atoms with Gasteiger partial charge in [0.2, 0.25) is 0 Å². The fourth-order valence-electron chi connectivity index (χ4n) is 2.99. The van der Waals surface area contributed by atoms with Crippen LogP contribution in [0.1, 0.15) is 32.1 Å². The molecule has 2 aliphatic rings. The molecule has 2 rings (SSSR count). The second-order valence-corrected chi connectivity index (χ2v) is 8.11. The van der Waals surface area contributed by atoms with E-state index >= 15 is 0 Å². The minimum atomic E-state index is -2.35. The molecule has 0 spiro atoms. The molecule has 0 amide bonds. The molecule has 3 unspecified atom stereocenters. The highest BCUT2D eigenvalue weighted by atomic mass is 28.4. The van der Waals surface area contributed by atoms with Crippen molar-refractivity contribution in [1.29, 1.82) is 0 Å². The third kappa shape index (κ3) is 3.09. The van der Waals surface area contributed by atoms with E-state index in [1.165, 1.54) is 25.7 Å². The van der Waals surface area contributed by atoms with E-state index in [4.69, 9.17) is 18.0 Å². The van der Waals surface area contributed by atoms with Gasteiger partial charge in [-0.1, -0.05) is 6.42 Å². The second kappa shape index (κ2) is 5.80. The first-order valence-electron chi connectivity index (χ1n) is 6.55. The lowest BCUT2D eigenvalue weighted by molar-refractivity contribution is 0.122. The molecular weight excluding hydrogens is 236 g/mol. The van der Waals surface area contributed by atoms with Crippen molar-refractivity contribution in [2.75, 3.05) is 21.3 Å². The largest absolute Gasteiger partial charge is 0.500 e. The van der Waals surface area contributed by atoms with Crippen molar-refractivity contribution in [2.24, 2.45) is 5.92 Å². The van der Waals surface area contributed by atoms with E-state index < -0.39 is 8.80 Å². The van der Waals surface area contributed by atoms with Crippen LogP contribution in [0, 0.1) is 5.92 Å². The van der Waals surface area contributed by atoms with E-state index in [1.807, 2.05) is 0 Å². The third-order valence-corrected chi connectivity index (χ3v) is 6.97. The molecule has 3 atom stereocenters. The van der Waals surface area contributed by atoms with Crippen molar-refractivity contribution in [1.82, 2.24) is 0 Å². The normalized spacial score (nSPS) is 32.3. The Labute approximate surface area is 105 Å². The molecule has 1 aliphatic heterocycles. The Kier molecular flexibility index (Phi) is 4.60. The lowest BCUT2D eigenvalue weighted by Crippen LogP contribution is -2.42. The van der Waals surface area contributed by atoms with Crippen LogP contribution in [0.4, 0.5) is 0 Å². The molecule has 100 valence electrons. The second-order valence-electron chi connectivity index (χ2n) is 5.02. The first kappa shape index (κ1) is 13.5. The Morgan fingerprint density at radius 2 is 1.82 bits per heavy atom. The van der Waals surface area contributed by atoms with Gasteiger partial charge in [0.25, 0.3) is 0 Å². The Morgan fingerprint density at radius 1 is 1.12 bits per heavy atom. The number of ether oxygens (including phenoxy) is 1. The molecule has 0 radical (unpaired) electrons. The summed E-state index contributed by atoms with van der Waals surface area (Å²) in [5.74, 6) is 0.756. The number of hydrogen-bond donors (Lipinski definition) is 0. The SMILES string of the molecule is CO[Si](CCCC1CCCC2OC12)(OC)OC. The van der Waals surface area contributed by atoms with Crippen LogP contribution in [-0.2, 0) is 18.0 Å². The Bertz CT molecular complexity index is 236. The first-order valence-corrected chi connectivity index (χ1v) is 8.49. The highest BCUT2D eigenvalue weighted by Gasteiger charge is 2.47. The maximum absolute atomic E-state index is 5.67. The van der Waals surface area contributed by atoms with Crippen LogP contribution in [0.25, 0.3) is 0 Å². The summed E-state index contributed by atoms with van der Waals surface area (Å²) in [6.45, 7) is 0. The number of hydrogen-bond acceptors (Lipinski definition) is 4. The van der Waals surface area contributed by atoms with Gasteiger partial charge >= 0.3 is 8.80 Å². The monoisotopic (exact) mass is 260 g/mol. The predicted molar refractivity (Wildman–Crippen MR) is 66.8 cm³/mol. The van der Waals surface area contributed by atoms with Gasteiger partial charge in [0.1, 0.15) is 0 Å². The summed E-state index contributed by atoms with van der Waals surface area (Å²) >= 11 is 0. The maximum atomic E-state index is 5.67. The van der Waals surface area contributed by atoms with Gasteiger partial charge in [0, 0.05) is 27.4 Å². The maximum Gasteiger partial charge on any atom is 0.500 e. The van der Waals surface area contributed by atoms with Crippen LogP contribution in [0.3, 0.4) is 0 Å². The summed E-state index contributed by atoms with van der Waals surface area (Å²) in [6, 6.07) is 0.907. The number of fused-ring (bicyclic) bond motifs is 1. The smallest absolute Gasteiger partial charge is 0.377 e. The minimum absolute atomic E-state index is 0.562. The fraction of sp³-hybridized carbons (Fsp3) is 1.00. The summed E-state index contributed by atoms with van der Waals surface area (Å²) < 4.78 is 21.9. The molecule has 1 saturated carbocycles. The van der Waals surface area contributed by atoms with Crippen LogP contribution in [0.5, 0.6) is 0 Å². The van der Waals surface area contributed by atoms with E-state index in [2.05, 4.69) is 0 Å². The molecule has 0 N–H and O–H groups in total. The van der Waals surface area contributed by atoms with Gasteiger partial charge in [-0.05, 0) is 31.6 Å². The van der Waals surface area contributed by atoms with Crippen molar-refractivity contribution in [3.8, 4) is 0 Å². The summed E-state index contributed by atoms with van der Waals surface area (Å²) in [5, 5.41) is 0. The molecule has 5 heteroatoms. The zero-order valence-electron chi connectivity index (χ0n) is 11.1. The zero-order valence-corrected chi connectivity index (χ0v) is 12.1. The van der Waals surface area contributed by atoms with Gasteiger partial charge in [0.05, 0.1) is 12.2 Å². The van der Waals surface area contributed by atoms with E-state index in [1.54, 1.807) is 21.3 Å². The number of epoxide rings is 1. The summed E-state index contributed by atoms with van der Waals surface area (Å²) in [7, 11) is 2.69. The molecule has 2 fully saturated rings. The Morgan fingerprint density at radius 3 is 2.47 bits per heavy atom. The topological polar surface area (TPSA) is 40.2 Å². The zero-order chi connectivity index (χ0) is 12.3. The van der Waals surface area contributed by atoms with Crippen LogP contribution < -0.4 is 0 Å². The highest BCUT2D eigenvalue weighted by molar-refractivity contribution is 6.60. The van der Waals surface area contributed by atoms with E-state index in [-0.39, 0.29) is 0 Å². The molecule has 0 aromatic rings. The highest BCUT2D eigenvalue weighted by Crippen LogP contribution is 2.43. The van der Waals surface area contributed by atoms with Gasteiger partial charge in [-0.2, -0.15) is 0 Å². The van der Waals surface area contributed by atoms with Crippen molar-refractivity contribution < 1.29 is 18.0 Å². The third-order valence-electron chi connectivity index (χ3n) is 4.14. The predicted octanol–water partition coefficient (Wildman–Crippen LogP) is 2.21. The molecule has 1 aliphatic carbocycles. The summed E-state index contributed by atoms with van der Waals surface area (Å²) in [5.41, 5.74) is 0. The first-order chi connectivity index (χ1) is 8.24. The van der Waals surface area contributed by atoms with E-state index in [9.17, 15) is 0 Å². The average Bonchev–Trinajstić information content (AvgIpc) is 3.15. The van der Waals surface area contributed by atoms with E-state index in [0.717, 1.165) is 18.4 Å². The van der Waals surface area contributed by atoms with Crippen LogP contribution in [0.15, 0.2) is 0 Å². The lowest BCUT2D eigenvalue weighted by atomic mass is 9.86.